The van der Waals surface area contributed by atoms with Crippen molar-refractivity contribution in [2.24, 2.45) is 0 Å². The van der Waals surface area contributed by atoms with Crippen molar-refractivity contribution in [2.45, 2.75) is 32.6 Å². The summed E-state index contributed by atoms with van der Waals surface area (Å²) in [6.45, 7) is 7.46. The van der Waals surface area contributed by atoms with E-state index in [1.54, 1.807) is 25.3 Å². The van der Waals surface area contributed by atoms with E-state index in [9.17, 15) is 8.42 Å². The zero-order valence-electron chi connectivity index (χ0n) is 14.9. The molecule has 2 aromatic carbocycles. The molecule has 6 heteroatoms. The summed E-state index contributed by atoms with van der Waals surface area (Å²) >= 11 is 0. The van der Waals surface area contributed by atoms with Gasteiger partial charge in [-0.3, -0.25) is 4.72 Å². The number of sulfonamides is 1. The van der Waals surface area contributed by atoms with Gasteiger partial charge in [0.15, 0.2) is 0 Å². The quantitative estimate of drug-likeness (QED) is 0.893. The fraction of sp³-hybridized carbons (Fsp3) is 0.333. The highest BCUT2D eigenvalue weighted by molar-refractivity contribution is 7.92. The standard InChI is InChI=1S/C18H23NO4S/c1-11-9-12(2)14(4)18(13(11)3)24(20,21)19-16-8-7-15(22-5)10-17(16)23-6/h7-10,19H,1-6H3. The number of ether oxygens (including phenoxy) is 2. The normalized spacial score (nSPS) is 11.2. The number of nitrogens with one attached hydrogen (secondary N) is 1. The minimum atomic E-state index is -3.74. The number of rotatable bonds is 5. The molecule has 0 aromatic heterocycles. The van der Waals surface area contributed by atoms with Crippen LogP contribution in [0, 0.1) is 27.7 Å². The fourth-order valence-electron chi connectivity index (χ4n) is 2.66. The van der Waals surface area contributed by atoms with Crippen molar-refractivity contribution in [1.29, 1.82) is 0 Å². The Kier molecular flexibility index (Phi) is 5.08. The lowest BCUT2D eigenvalue weighted by Crippen LogP contribution is -2.17. The van der Waals surface area contributed by atoms with E-state index in [1.165, 1.54) is 7.11 Å². The Morgan fingerprint density at radius 2 is 1.46 bits per heavy atom. The summed E-state index contributed by atoms with van der Waals surface area (Å²) in [6, 6.07) is 6.95. The predicted molar refractivity (Wildman–Crippen MR) is 95.7 cm³/mol. The number of methoxy groups -OCH3 is 2. The maximum absolute atomic E-state index is 13.0. The van der Waals surface area contributed by atoms with Gasteiger partial charge in [0.05, 0.1) is 24.8 Å². The largest absolute Gasteiger partial charge is 0.497 e. The number of benzene rings is 2. The predicted octanol–water partition coefficient (Wildman–Crippen LogP) is 3.74. The van der Waals surface area contributed by atoms with Gasteiger partial charge in [-0.1, -0.05) is 6.07 Å². The lowest BCUT2D eigenvalue weighted by Gasteiger charge is -2.18. The molecule has 0 aliphatic rings. The molecule has 1 N–H and O–H groups in total. The van der Waals surface area contributed by atoms with Crippen LogP contribution in [0.15, 0.2) is 29.2 Å². The lowest BCUT2D eigenvalue weighted by molar-refractivity contribution is 0.395. The summed E-state index contributed by atoms with van der Waals surface area (Å²) in [5.41, 5.74) is 3.76. The Morgan fingerprint density at radius 3 is 1.96 bits per heavy atom. The first-order valence-electron chi connectivity index (χ1n) is 7.53. The van der Waals surface area contributed by atoms with E-state index < -0.39 is 10.0 Å². The van der Waals surface area contributed by atoms with Gasteiger partial charge >= 0.3 is 0 Å². The van der Waals surface area contributed by atoms with Gasteiger partial charge in [-0.25, -0.2) is 8.42 Å². The average molecular weight is 349 g/mol. The minimum Gasteiger partial charge on any atom is -0.497 e. The van der Waals surface area contributed by atoms with Crippen molar-refractivity contribution in [1.82, 2.24) is 0 Å². The van der Waals surface area contributed by atoms with Crippen LogP contribution in [0.1, 0.15) is 22.3 Å². The molecular formula is C18H23NO4S. The van der Waals surface area contributed by atoms with Gasteiger partial charge in [0.1, 0.15) is 11.5 Å². The first-order valence-corrected chi connectivity index (χ1v) is 9.01. The maximum atomic E-state index is 13.0. The van der Waals surface area contributed by atoms with Crippen molar-refractivity contribution in [2.75, 3.05) is 18.9 Å². The molecule has 0 saturated carbocycles. The van der Waals surface area contributed by atoms with Crippen LogP contribution in [0.4, 0.5) is 5.69 Å². The SMILES string of the molecule is COc1ccc(NS(=O)(=O)c2c(C)c(C)cc(C)c2C)c(OC)c1. The van der Waals surface area contributed by atoms with Crippen LogP contribution in [0.5, 0.6) is 11.5 Å². The molecule has 24 heavy (non-hydrogen) atoms. The van der Waals surface area contributed by atoms with Gasteiger partial charge in [-0.05, 0) is 62.1 Å². The van der Waals surface area contributed by atoms with Crippen LogP contribution in [0.2, 0.25) is 0 Å². The monoisotopic (exact) mass is 349 g/mol. The van der Waals surface area contributed by atoms with E-state index in [-0.39, 0.29) is 0 Å². The van der Waals surface area contributed by atoms with Crippen molar-refractivity contribution in [3.05, 3.63) is 46.5 Å². The van der Waals surface area contributed by atoms with Crippen LogP contribution in [0.25, 0.3) is 0 Å². The molecule has 130 valence electrons. The van der Waals surface area contributed by atoms with E-state index >= 15 is 0 Å². The van der Waals surface area contributed by atoms with Gasteiger partial charge in [-0.15, -0.1) is 0 Å². The zero-order chi connectivity index (χ0) is 18.1. The van der Waals surface area contributed by atoms with Crippen LogP contribution in [-0.2, 0) is 10.0 Å². The molecule has 0 fully saturated rings. The van der Waals surface area contributed by atoms with E-state index in [0.29, 0.717) is 22.1 Å². The summed E-state index contributed by atoms with van der Waals surface area (Å²) in [5, 5.41) is 0. The Balaban J connectivity index is 2.55. The Bertz CT molecular complexity index is 847. The Hall–Kier alpha value is -2.21. The summed E-state index contributed by atoms with van der Waals surface area (Å²) in [6.07, 6.45) is 0. The smallest absolute Gasteiger partial charge is 0.262 e. The van der Waals surface area contributed by atoms with E-state index in [4.69, 9.17) is 9.47 Å². The third-order valence-electron chi connectivity index (χ3n) is 4.22. The molecule has 0 bridgehead atoms. The summed E-state index contributed by atoms with van der Waals surface area (Å²) < 4.78 is 39.0. The van der Waals surface area contributed by atoms with Gasteiger partial charge in [0.25, 0.3) is 10.0 Å². The van der Waals surface area contributed by atoms with Crippen molar-refractivity contribution >= 4 is 15.7 Å². The molecule has 0 unspecified atom stereocenters. The van der Waals surface area contributed by atoms with Crippen molar-refractivity contribution in [3.8, 4) is 11.5 Å². The average Bonchev–Trinajstić information content (AvgIpc) is 2.53. The molecule has 2 rings (SSSR count). The second kappa shape index (κ2) is 6.73. The zero-order valence-corrected chi connectivity index (χ0v) is 15.7. The fourth-order valence-corrected chi connectivity index (χ4v) is 4.35. The first kappa shape index (κ1) is 18.1. The highest BCUT2D eigenvalue weighted by Crippen LogP contribution is 2.33. The van der Waals surface area contributed by atoms with Gasteiger partial charge < -0.3 is 9.47 Å². The summed E-state index contributed by atoms with van der Waals surface area (Å²) in [7, 11) is -0.714. The summed E-state index contributed by atoms with van der Waals surface area (Å²) in [5.74, 6) is 0.992. The molecule has 0 radical (unpaired) electrons. The van der Waals surface area contributed by atoms with E-state index in [0.717, 1.165) is 22.3 Å². The molecule has 0 amide bonds. The third-order valence-corrected chi connectivity index (χ3v) is 5.86. The van der Waals surface area contributed by atoms with E-state index in [1.807, 2.05) is 33.8 Å². The lowest BCUT2D eigenvalue weighted by atomic mass is 10.0. The highest BCUT2D eigenvalue weighted by atomic mass is 32.2. The molecule has 0 spiro atoms. The third kappa shape index (κ3) is 3.33. The van der Waals surface area contributed by atoms with Crippen molar-refractivity contribution in [3.63, 3.8) is 0 Å². The number of anilines is 1. The number of aryl methyl sites for hydroxylation is 2. The molecule has 0 atom stereocenters. The molecule has 2 aromatic rings. The number of hydrogen-bond acceptors (Lipinski definition) is 4. The van der Waals surface area contributed by atoms with E-state index in [2.05, 4.69) is 4.72 Å². The van der Waals surface area contributed by atoms with Gasteiger partial charge in [0, 0.05) is 6.07 Å². The van der Waals surface area contributed by atoms with Crippen LogP contribution >= 0.6 is 0 Å². The molecule has 0 aliphatic heterocycles. The van der Waals surface area contributed by atoms with Crippen LogP contribution in [-0.4, -0.2) is 22.6 Å². The molecule has 0 saturated heterocycles. The Labute approximate surface area is 143 Å². The first-order chi connectivity index (χ1) is 11.2. The second-order valence-corrected chi connectivity index (χ2v) is 7.38. The maximum Gasteiger partial charge on any atom is 0.262 e. The molecule has 0 heterocycles. The van der Waals surface area contributed by atoms with Crippen LogP contribution < -0.4 is 14.2 Å². The number of hydrogen-bond donors (Lipinski definition) is 1. The topological polar surface area (TPSA) is 64.6 Å². The molecule has 5 nitrogen and oxygen atoms in total. The molecule has 0 aliphatic carbocycles. The van der Waals surface area contributed by atoms with Crippen molar-refractivity contribution < 1.29 is 17.9 Å². The highest BCUT2D eigenvalue weighted by Gasteiger charge is 2.23. The Morgan fingerprint density at radius 1 is 0.875 bits per heavy atom. The minimum absolute atomic E-state index is 0.317. The van der Waals surface area contributed by atoms with Gasteiger partial charge in [-0.2, -0.15) is 0 Å². The van der Waals surface area contributed by atoms with Gasteiger partial charge in [0.2, 0.25) is 0 Å². The summed E-state index contributed by atoms with van der Waals surface area (Å²) in [4.78, 5) is 0.317. The molecular weight excluding hydrogens is 326 g/mol. The second-order valence-electron chi connectivity index (χ2n) is 5.76. The van der Waals surface area contributed by atoms with Crippen LogP contribution in [0.3, 0.4) is 0 Å².